The number of rotatable bonds is 5. The minimum atomic E-state index is -4.64. The zero-order chi connectivity index (χ0) is 14.2. The molecule has 0 amide bonds. The molecule has 4 unspecified atom stereocenters. The molecule has 0 aliphatic heterocycles. The lowest BCUT2D eigenvalue weighted by Gasteiger charge is -2.22. The van der Waals surface area contributed by atoms with E-state index in [0.717, 1.165) is 0 Å². The zero-order valence-electron chi connectivity index (χ0n) is 10.6. The highest BCUT2D eigenvalue weighted by Crippen LogP contribution is 2.25. The Kier molecular flexibility index (Phi) is 23.6. The van der Waals surface area contributed by atoms with Gasteiger partial charge in [-0.2, -0.15) is 0 Å². The molecule has 14 heteroatoms. The van der Waals surface area contributed by atoms with Gasteiger partial charge in [0, 0.05) is 0 Å². The van der Waals surface area contributed by atoms with Crippen LogP contribution in [0.2, 0.25) is 0 Å². The van der Waals surface area contributed by atoms with E-state index >= 15 is 0 Å². The summed E-state index contributed by atoms with van der Waals surface area (Å²) in [5.41, 5.74) is 0. The molecule has 0 fully saturated rings. The van der Waals surface area contributed by atoms with Crippen LogP contribution >= 0.6 is 7.82 Å². The average Bonchev–Trinajstić information content (AvgIpc) is 2.22. The molecule has 0 aliphatic rings. The monoisotopic (exact) mass is 329 g/mol. The normalized spacial score (nSPS) is 15.6. The molecule has 0 rings (SSSR count). The quantitative estimate of drug-likeness (QED) is 0.170. The molecule has 0 radical (unpaired) electrons. The second kappa shape index (κ2) is 14.9. The van der Waals surface area contributed by atoms with Gasteiger partial charge in [-0.05, 0) is 0 Å². The van der Waals surface area contributed by atoms with Crippen LogP contribution in [0.1, 0.15) is 0 Å². The summed E-state index contributed by atoms with van der Waals surface area (Å²) in [4.78, 5) is 31.5. The zero-order valence-corrected chi connectivity index (χ0v) is 11.5. The van der Waals surface area contributed by atoms with E-state index in [-0.39, 0.29) is 24.7 Å². The van der Waals surface area contributed by atoms with Crippen molar-refractivity contribution in [3.63, 3.8) is 0 Å². The van der Waals surface area contributed by atoms with Crippen LogP contribution in [0, 0.1) is 0 Å². The van der Waals surface area contributed by atoms with Crippen molar-refractivity contribution in [2.45, 2.75) is 24.4 Å². The highest BCUT2D eigenvalue weighted by atomic mass is 31.2. The van der Waals surface area contributed by atoms with Gasteiger partial charge in [0.05, 0.1) is 6.61 Å². The van der Waals surface area contributed by atoms with Crippen LogP contribution in [-0.4, -0.2) is 77.5 Å². The van der Waals surface area contributed by atoms with E-state index in [1.807, 2.05) is 0 Å². The predicted molar refractivity (Wildman–Crippen MR) is 66.5 cm³/mol. The van der Waals surface area contributed by atoms with Gasteiger partial charge >= 0.3 is 7.82 Å². The third-order valence-electron chi connectivity index (χ3n) is 1.42. The van der Waals surface area contributed by atoms with Crippen LogP contribution in [0.25, 0.3) is 0 Å². The van der Waals surface area contributed by atoms with Gasteiger partial charge < -0.3 is 63.5 Å². The Morgan fingerprint density at radius 2 is 1.20 bits per heavy atom. The Bertz CT molecular complexity index is 255. The van der Waals surface area contributed by atoms with Crippen molar-refractivity contribution in [2.24, 2.45) is 0 Å². The fourth-order valence-corrected chi connectivity index (χ4v) is 0.618. The number of aliphatic hydroxyl groups is 5. The predicted octanol–water partition coefficient (Wildman–Crippen LogP) is -3.82. The minimum absolute atomic E-state index is 0. The van der Waals surface area contributed by atoms with Crippen molar-refractivity contribution in [1.82, 2.24) is 18.5 Å². The van der Waals surface area contributed by atoms with E-state index < -0.39 is 38.8 Å². The molecule has 0 aromatic heterocycles. The second-order valence-corrected chi connectivity index (χ2v) is 3.90. The molecule has 17 N–H and O–H groups in total. The lowest BCUT2D eigenvalue weighted by Crippen LogP contribution is -2.46. The lowest BCUT2D eigenvalue weighted by molar-refractivity contribution is -0.136. The van der Waals surface area contributed by atoms with Crippen molar-refractivity contribution in [3.05, 3.63) is 0 Å². The number of carbonyl (C=O) groups is 1. The lowest BCUT2D eigenvalue weighted by atomic mass is 10.0. The molecule has 128 valence electrons. The van der Waals surface area contributed by atoms with E-state index in [1.165, 1.54) is 0 Å². The van der Waals surface area contributed by atoms with Crippen molar-refractivity contribution in [2.75, 3.05) is 6.61 Å². The molecule has 4 atom stereocenters. The van der Waals surface area contributed by atoms with Crippen LogP contribution in [0.15, 0.2) is 0 Å². The van der Waals surface area contributed by atoms with E-state index in [1.54, 1.807) is 0 Å². The van der Waals surface area contributed by atoms with Crippen molar-refractivity contribution < 1.29 is 49.6 Å². The number of aldehydes is 1. The van der Waals surface area contributed by atoms with E-state index in [4.69, 9.17) is 44.8 Å². The van der Waals surface area contributed by atoms with Gasteiger partial charge in [-0.1, -0.05) is 0 Å². The largest absolute Gasteiger partial charge is 0.466 e. The number of hydrogen-bond donors (Lipinski definition) is 11. The number of hydrogen-bond acceptors (Lipinski definition) is 10. The average molecular weight is 329 g/mol. The SMILES string of the molecule is N.N.N.O=CC(O)C(O)C(O)C(O)CO.O=P(O)(O)O. The summed E-state index contributed by atoms with van der Waals surface area (Å²) < 4.78 is 8.88. The summed E-state index contributed by atoms with van der Waals surface area (Å²) in [7, 11) is -4.64. The maximum Gasteiger partial charge on any atom is 0.466 e. The van der Waals surface area contributed by atoms with Crippen LogP contribution in [-0.2, 0) is 9.36 Å². The number of carbonyl (C=O) groups excluding carboxylic acids is 1. The molecule has 20 heavy (non-hydrogen) atoms. The van der Waals surface area contributed by atoms with E-state index in [9.17, 15) is 4.79 Å². The molecular weight excluding hydrogens is 305 g/mol. The molecule has 13 nitrogen and oxygen atoms in total. The van der Waals surface area contributed by atoms with Gasteiger partial charge in [0.2, 0.25) is 0 Å². The summed E-state index contributed by atoms with van der Waals surface area (Å²) in [5.74, 6) is 0. The Morgan fingerprint density at radius 3 is 1.40 bits per heavy atom. The molecule has 0 aromatic carbocycles. The molecule has 0 aliphatic carbocycles. The molecule has 0 bridgehead atoms. The summed E-state index contributed by atoms with van der Waals surface area (Å²) in [6, 6.07) is 0. The van der Waals surface area contributed by atoms with Gasteiger partial charge in [-0.25, -0.2) is 4.57 Å². The molecule has 0 aromatic rings. The molecule has 0 saturated heterocycles. The first-order valence-corrected chi connectivity index (χ1v) is 5.67. The third kappa shape index (κ3) is 19.8. The highest BCUT2D eigenvalue weighted by Gasteiger charge is 2.29. The van der Waals surface area contributed by atoms with E-state index in [2.05, 4.69) is 0 Å². The van der Waals surface area contributed by atoms with Gasteiger partial charge in [0.1, 0.15) is 24.4 Å². The third-order valence-corrected chi connectivity index (χ3v) is 1.42. The van der Waals surface area contributed by atoms with E-state index in [0.29, 0.717) is 0 Å². The first-order chi connectivity index (χ1) is 7.54. The fourth-order valence-electron chi connectivity index (χ4n) is 0.618. The van der Waals surface area contributed by atoms with Gasteiger partial charge in [-0.3, -0.25) is 0 Å². The van der Waals surface area contributed by atoms with Crippen LogP contribution < -0.4 is 18.5 Å². The molecular formula is C6H24N3O10P. The van der Waals surface area contributed by atoms with Crippen molar-refractivity contribution >= 4 is 14.1 Å². The Morgan fingerprint density at radius 1 is 0.900 bits per heavy atom. The Balaban J connectivity index is -0.0000000821. The van der Waals surface area contributed by atoms with Crippen molar-refractivity contribution in [1.29, 1.82) is 0 Å². The van der Waals surface area contributed by atoms with Crippen LogP contribution in [0.5, 0.6) is 0 Å². The first kappa shape index (κ1) is 31.7. The minimum Gasteiger partial charge on any atom is -0.394 e. The summed E-state index contributed by atoms with van der Waals surface area (Å²) in [5, 5.41) is 43.5. The van der Waals surface area contributed by atoms with Crippen molar-refractivity contribution in [3.8, 4) is 0 Å². The maximum atomic E-state index is 9.90. The Labute approximate surface area is 114 Å². The fraction of sp³-hybridized carbons (Fsp3) is 0.833. The first-order valence-electron chi connectivity index (χ1n) is 4.11. The van der Waals surface area contributed by atoms with Gasteiger partial charge in [0.15, 0.2) is 6.29 Å². The molecule has 0 spiro atoms. The maximum absolute atomic E-state index is 9.90. The summed E-state index contributed by atoms with van der Waals surface area (Å²) in [6.07, 6.45) is -6.84. The molecule has 0 saturated carbocycles. The standard InChI is InChI=1S/C6H12O6.3H3N.H3O4P/c7-1-3(9)5(11)6(12)4(10)2-8;;;;1-5(2,3)4/h1,3-6,8-12H,2H2;3*1H3;(H3,1,2,3,4). The summed E-state index contributed by atoms with van der Waals surface area (Å²) in [6.45, 7) is -0.760. The van der Waals surface area contributed by atoms with Gasteiger partial charge in [0.25, 0.3) is 0 Å². The topological polar surface area (TPSA) is 301 Å². The Hall–Kier alpha value is -0.540. The summed E-state index contributed by atoms with van der Waals surface area (Å²) >= 11 is 0. The van der Waals surface area contributed by atoms with Crippen LogP contribution in [0.4, 0.5) is 0 Å². The smallest absolute Gasteiger partial charge is 0.394 e. The second-order valence-electron chi connectivity index (χ2n) is 2.87. The van der Waals surface area contributed by atoms with Gasteiger partial charge in [-0.15, -0.1) is 0 Å². The number of phosphoric acid groups is 1. The van der Waals surface area contributed by atoms with Crippen LogP contribution in [0.3, 0.4) is 0 Å². The number of aliphatic hydroxyl groups excluding tert-OH is 5. The highest BCUT2D eigenvalue weighted by molar-refractivity contribution is 7.45. The molecule has 0 heterocycles.